The zero-order valence-electron chi connectivity index (χ0n) is 14.7. The number of hydrogen-bond donors (Lipinski definition) is 1. The van der Waals surface area contributed by atoms with Gasteiger partial charge in [0.1, 0.15) is 0 Å². The number of ether oxygens (including phenoxy) is 1. The van der Waals surface area contributed by atoms with Crippen LogP contribution in [0, 0.1) is 5.92 Å². The van der Waals surface area contributed by atoms with Gasteiger partial charge in [0.05, 0.1) is 31.3 Å². The van der Waals surface area contributed by atoms with Crippen LogP contribution in [-0.4, -0.2) is 67.3 Å². The van der Waals surface area contributed by atoms with Crippen LogP contribution in [0.4, 0.5) is 0 Å². The van der Waals surface area contributed by atoms with Crippen molar-refractivity contribution in [2.45, 2.75) is 6.04 Å². The lowest BCUT2D eigenvalue weighted by Crippen LogP contribution is -2.43. The van der Waals surface area contributed by atoms with Crippen LogP contribution in [0.1, 0.15) is 10.4 Å². The topological polar surface area (TPSA) is 93.5 Å². The van der Waals surface area contributed by atoms with Gasteiger partial charge >= 0.3 is 0 Å². The van der Waals surface area contributed by atoms with E-state index in [9.17, 15) is 13.2 Å². The van der Waals surface area contributed by atoms with E-state index in [-0.39, 0.29) is 23.6 Å². The average molecular weight is 378 g/mol. The highest BCUT2D eigenvalue weighted by atomic mass is 32.2. The molecule has 0 saturated carbocycles. The first kappa shape index (κ1) is 18.6. The highest BCUT2D eigenvalue weighted by Gasteiger charge is 2.34. The predicted octanol–water partition coefficient (Wildman–Crippen LogP) is 0.509. The summed E-state index contributed by atoms with van der Waals surface area (Å²) in [7, 11) is -0.351. The quantitative estimate of drug-likeness (QED) is 0.790. The molecule has 0 unspecified atom stereocenters. The summed E-state index contributed by atoms with van der Waals surface area (Å²) in [6.07, 6.45) is 5.18. The Morgan fingerprint density at radius 3 is 2.65 bits per heavy atom. The smallest absolute Gasteiger partial charge is 0.251 e. The molecule has 0 spiro atoms. The zero-order chi connectivity index (χ0) is 18.7. The minimum Gasteiger partial charge on any atom is -0.379 e. The molecule has 9 heteroatoms. The largest absolute Gasteiger partial charge is 0.379 e. The number of benzene rings is 1. The normalized spacial score (nSPS) is 20.4. The third-order valence-corrected chi connectivity index (χ3v) is 6.39. The number of sulfonamides is 1. The molecular weight excluding hydrogens is 356 g/mol. The van der Waals surface area contributed by atoms with Gasteiger partial charge in [-0.15, -0.1) is 0 Å². The van der Waals surface area contributed by atoms with E-state index >= 15 is 0 Å². The number of hydrogen-bond acceptors (Lipinski definition) is 5. The summed E-state index contributed by atoms with van der Waals surface area (Å²) in [4.78, 5) is 16.5. The Hall–Kier alpha value is -2.23. The monoisotopic (exact) mass is 378 g/mol. The number of nitrogens with one attached hydrogen (secondary N) is 1. The second kappa shape index (κ2) is 7.56. The molecule has 26 heavy (non-hydrogen) atoms. The Balaban J connectivity index is 1.65. The maximum absolute atomic E-state index is 12.5. The summed E-state index contributed by atoms with van der Waals surface area (Å²) < 4.78 is 32.6. The highest BCUT2D eigenvalue weighted by molar-refractivity contribution is 7.89. The van der Waals surface area contributed by atoms with Crippen LogP contribution in [0.5, 0.6) is 0 Å². The van der Waals surface area contributed by atoms with Crippen LogP contribution in [0.25, 0.3) is 5.69 Å². The number of nitrogens with zero attached hydrogens (tertiary/aromatic N) is 3. The Morgan fingerprint density at radius 1 is 1.31 bits per heavy atom. The molecule has 8 nitrogen and oxygen atoms in total. The fourth-order valence-electron chi connectivity index (χ4n) is 2.79. The van der Waals surface area contributed by atoms with Crippen molar-refractivity contribution in [3.05, 3.63) is 48.5 Å². The van der Waals surface area contributed by atoms with Gasteiger partial charge in [0.25, 0.3) is 5.91 Å². The molecule has 0 bridgehead atoms. The maximum Gasteiger partial charge on any atom is 0.251 e. The van der Waals surface area contributed by atoms with Crippen molar-refractivity contribution in [1.29, 1.82) is 0 Å². The fraction of sp³-hybridized carbons (Fsp3) is 0.412. The van der Waals surface area contributed by atoms with E-state index in [0.717, 1.165) is 5.69 Å². The predicted molar refractivity (Wildman–Crippen MR) is 96.6 cm³/mol. The minimum absolute atomic E-state index is 0.0511. The van der Waals surface area contributed by atoms with Crippen LogP contribution < -0.4 is 5.32 Å². The van der Waals surface area contributed by atoms with E-state index in [4.69, 9.17) is 4.74 Å². The second-order valence-electron chi connectivity index (χ2n) is 6.46. The van der Waals surface area contributed by atoms with Gasteiger partial charge in [0, 0.05) is 43.7 Å². The molecule has 0 aliphatic carbocycles. The molecule has 1 aliphatic heterocycles. The van der Waals surface area contributed by atoms with Gasteiger partial charge in [-0.1, -0.05) is 0 Å². The lowest BCUT2D eigenvalue weighted by molar-refractivity contribution is 0.0926. The minimum atomic E-state index is -3.35. The molecule has 3 rings (SSSR count). The summed E-state index contributed by atoms with van der Waals surface area (Å²) >= 11 is 0. The molecule has 1 aromatic carbocycles. The van der Waals surface area contributed by atoms with Crippen LogP contribution in [-0.2, 0) is 14.8 Å². The van der Waals surface area contributed by atoms with Crippen molar-refractivity contribution in [3.8, 4) is 5.69 Å². The molecule has 1 aliphatic rings. The van der Waals surface area contributed by atoms with Crippen molar-refractivity contribution in [2.75, 3.05) is 33.1 Å². The molecule has 1 amide bonds. The molecule has 140 valence electrons. The first-order valence-electron chi connectivity index (χ1n) is 8.24. The van der Waals surface area contributed by atoms with Crippen LogP contribution >= 0.6 is 0 Å². The van der Waals surface area contributed by atoms with E-state index in [2.05, 4.69) is 10.3 Å². The fourth-order valence-corrected chi connectivity index (χ4v) is 3.96. The number of rotatable bonds is 6. The SMILES string of the molecule is CN(C)S(=O)(=O)C[C@@H]1COC[C@@H]1NC(=O)c1ccc(-n2ccnc2)cc1. The first-order chi connectivity index (χ1) is 12.4. The van der Waals surface area contributed by atoms with Gasteiger partial charge in [-0.05, 0) is 24.3 Å². The van der Waals surface area contributed by atoms with Gasteiger partial charge in [0.2, 0.25) is 10.0 Å². The number of carbonyl (C=O) groups is 1. The summed E-state index contributed by atoms with van der Waals surface area (Å²) in [5.74, 6) is -0.564. The van der Waals surface area contributed by atoms with Crippen molar-refractivity contribution < 1.29 is 17.9 Å². The molecule has 1 fully saturated rings. The Bertz CT molecular complexity index is 847. The van der Waals surface area contributed by atoms with Crippen LogP contribution in [0.2, 0.25) is 0 Å². The third-order valence-electron chi connectivity index (χ3n) is 4.43. The lowest BCUT2D eigenvalue weighted by atomic mass is 10.1. The van der Waals surface area contributed by atoms with E-state index in [1.807, 2.05) is 22.9 Å². The van der Waals surface area contributed by atoms with Gasteiger partial charge in [-0.3, -0.25) is 4.79 Å². The number of amides is 1. The van der Waals surface area contributed by atoms with Crippen LogP contribution in [0.3, 0.4) is 0 Å². The lowest BCUT2D eigenvalue weighted by Gasteiger charge is -2.21. The summed E-state index contributed by atoms with van der Waals surface area (Å²) in [5.41, 5.74) is 1.41. The van der Waals surface area contributed by atoms with E-state index in [0.29, 0.717) is 18.8 Å². The summed E-state index contributed by atoms with van der Waals surface area (Å²) in [5, 5.41) is 2.89. The highest BCUT2D eigenvalue weighted by Crippen LogP contribution is 2.18. The Kier molecular flexibility index (Phi) is 5.40. The van der Waals surface area contributed by atoms with Crippen molar-refractivity contribution >= 4 is 15.9 Å². The van der Waals surface area contributed by atoms with E-state index in [1.54, 1.807) is 24.7 Å². The van der Waals surface area contributed by atoms with Crippen molar-refractivity contribution in [3.63, 3.8) is 0 Å². The molecule has 1 saturated heterocycles. The molecule has 2 aromatic rings. The number of imidazole rings is 1. The molecule has 0 radical (unpaired) electrons. The zero-order valence-corrected chi connectivity index (χ0v) is 15.5. The van der Waals surface area contributed by atoms with Gasteiger partial charge in [-0.2, -0.15) is 0 Å². The third kappa shape index (κ3) is 4.12. The second-order valence-corrected chi connectivity index (χ2v) is 8.68. The Labute approximate surface area is 152 Å². The molecule has 2 atom stereocenters. The summed E-state index contributed by atoms with van der Waals surface area (Å²) in [6.45, 7) is 0.629. The average Bonchev–Trinajstić information content (AvgIpc) is 3.27. The molecule has 1 N–H and O–H groups in total. The maximum atomic E-state index is 12.5. The van der Waals surface area contributed by atoms with Gasteiger partial charge in [-0.25, -0.2) is 17.7 Å². The van der Waals surface area contributed by atoms with Gasteiger partial charge in [0.15, 0.2) is 0 Å². The standard InChI is InChI=1S/C17H22N4O4S/c1-20(2)26(23,24)11-14-9-25-10-16(14)19-17(22)13-3-5-15(6-4-13)21-8-7-18-12-21/h3-8,12,14,16H,9-11H2,1-2H3,(H,19,22)/t14-,16-/m0/s1. The van der Waals surface area contributed by atoms with Gasteiger partial charge < -0.3 is 14.6 Å². The Morgan fingerprint density at radius 2 is 2.04 bits per heavy atom. The van der Waals surface area contributed by atoms with Crippen LogP contribution in [0.15, 0.2) is 43.0 Å². The van der Waals surface area contributed by atoms with E-state index in [1.165, 1.54) is 18.4 Å². The molecule has 1 aromatic heterocycles. The van der Waals surface area contributed by atoms with E-state index < -0.39 is 10.0 Å². The van der Waals surface area contributed by atoms with Crippen molar-refractivity contribution in [2.24, 2.45) is 5.92 Å². The summed E-state index contributed by atoms with van der Waals surface area (Å²) in [6, 6.07) is 6.79. The number of aromatic nitrogens is 2. The first-order valence-corrected chi connectivity index (χ1v) is 9.85. The molecular formula is C17H22N4O4S. The van der Waals surface area contributed by atoms with Crippen molar-refractivity contribution in [1.82, 2.24) is 19.2 Å². The number of carbonyl (C=O) groups excluding carboxylic acids is 1. The molecule has 2 heterocycles.